The predicted molar refractivity (Wildman–Crippen MR) is 252 cm³/mol. The monoisotopic (exact) mass is 894 g/mol. The number of nitrogens with one attached hydrogen (secondary N) is 4. The van der Waals surface area contributed by atoms with E-state index in [-0.39, 0.29) is 35.7 Å². The molecule has 4 N–H and O–H groups in total. The number of imidazole rings is 2. The van der Waals surface area contributed by atoms with Crippen molar-refractivity contribution in [2.45, 2.75) is 115 Å². The van der Waals surface area contributed by atoms with E-state index in [1.165, 1.54) is 73.3 Å². The van der Waals surface area contributed by atoms with Crippen LogP contribution in [-0.4, -0.2) is 93.1 Å². The van der Waals surface area contributed by atoms with Gasteiger partial charge in [-0.05, 0) is 120 Å². The third kappa shape index (κ3) is 8.57. The first-order chi connectivity index (χ1) is 31.9. The lowest BCUT2D eigenvalue weighted by Crippen LogP contribution is -2.51. The van der Waals surface area contributed by atoms with Crippen molar-refractivity contribution in [2.24, 2.45) is 11.8 Å². The maximum absolute atomic E-state index is 13.7. The molecule has 66 heavy (non-hydrogen) atoms. The normalized spacial score (nSPS) is 20.9. The number of carbonyl (C=O) groups excluding carboxylic acids is 4. The molecule has 14 heteroatoms. The molecule has 0 radical (unpaired) electrons. The molecule has 2 aromatic heterocycles. The summed E-state index contributed by atoms with van der Waals surface area (Å²) in [5.41, 5.74) is 11.9. The zero-order chi connectivity index (χ0) is 46.2. The highest BCUT2D eigenvalue weighted by Gasteiger charge is 2.40. The molecule has 4 amide bonds. The fraction of sp³-hybridized carbons (Fsp3) is 0.462. The Balaban J connectivity index is 0.923. The molecule has 4 heterocycles. The van der Waals surface area contributed by atoms with Gasteiger partial charge in [0.2, 0.25) is 11.8 Å². The van der Waals surface area contributed by atoms with Crippen molar-refractivity contribution in [3.05, 3.63) is 95.8 Å². The number of likely N-dealkylation sites (tertiary alicyclic amines) is 2. The fourth-order valence-electron chi connectivity index (χ4n) is 11.0. The quantitative estimate of drug-likeness (QED) is 0.0958. The van der Waals surface area contributed by atoms with Crippen LogP contribution in [0.2, 0.25) is 0 Å². The second-order valence-corrected chi connectivity index (χ2v) is 19.2. The zero-order valence-electron chi connectivity index (χ0n) is 38.9. The van der Waals surface area contributed by atoms with Crippen LogP contribution in [-0.2, 0) is 19.1 Å². The van der Waals surface area contributed by atoms with Crippen molar-refractivity contribution in [2.75, 3.05) is 27.3 Å². The van der Waals surface area contributed by atoms with Crippen molar-refractivity contribution in [1.82, 2.24) is 40.4 Å². The molecular weight excluding hydrogens is 833 g/mol. The number of hydrogen-bond donors (Lipinski definition) is 4. The van der Waals surface area contributed by atoms with Crippen LogP contribution in [0.5, 0.6) is 0 Å². The van der Waals surface area contributed by atoms with Gasteiger partial charge in [0.1, 0.15) is 23.7 Å². The van der Waals surface area contributed by atoms with Crippen LogP contribution in [0.4, 0.5) is 9.59 Å². The molecule has 5 aliphatic rings. The molecular formula is C52H62N8O6. The average molecular weight is 895 g/mol. The molecule has 10 rings (SSSR count). The zero-order valence-corrected chi connectivity index (χ0v) is 38.9. The fourth-order valence-corrected chi connectivity index (χ4v) is 11.0. The standard InChI is InChI=1S/C52H62N8O6/c1-29(2)45(57-51(63)65-5)49(61)59-25-7-9-41(59)47-53-27-39(55-47)33-15-11-31(12-16-33)37-23-24-38(44-36-21-19-35(20-22-36)43(37)44)32-13-17-34(18-14-32)40-28-54-48(56-40)42-10-8-26-60(42)50(62)46(30(3)4)58-52(64)66-6/h11-18,23-24,27-30,35-36,41-42,45-46H,7-10,19-22,25-26H2,1-6H3,(H,53,55)(H,54,56)(H,57,63)(H,58,64)/t35?,36?,41-,42?,45-,46-/m0/s1. The highest BCUT2D eigenvalue weighted by molar-refractivity contribution is 5.87. The van der Waals surface area contributed by atoms with E-state index < -0.39 is 24.3 Å². The van der Waals surface area contributed by atoms with Gasteiger partial charge in [0, 0.05) is 13.1 Å². The Bertz CT molecular complexity index is 2400. The van der Waals surface area contributed by atoms with Crippen molar-refractivity contribution in [3.8, 4) is 44.8 Å². The van der Waals surface area contributed by atoms with Crippen molar-refractivity contribution >= 4 is 24.0 Å². The first kappa shape index (κ1) is 44.7. The number of methoxy groups -OCH3 is 2. The summed E-state index contributed by atoms with van der Waals surface area (Å²) in [7, 11) is 2.61. The number of H-pyrrole nitrogens is 2. The molecule has 0 spiro atoms. The van der Waals surface area contributed by atoms with Gasteiger partial charge in [-0.2, -0.15) is 0 Å². The maximum atomic E-state index is 13.7. The van der Waals surface area contributed by atoms with E-state index in [9.17, 15) is 19.2 Å². The number of aromatic nitrogens is 4. The second-order valence-electron chi connectivity index (χ2n) is 19.2. The lowest BCUT2D eigenvalue weighted by Gasteiger charge is -2.41. The molecule has 2 bridgehead atoms. The summed E-state index contributed by atoms with van der Waals surface area (Å²) in [5.74, 6) is 2.11. The van der Waals surface area contributed by atoms with E-state index in [0.29, 0.717) is 24.9 Å². The number of amides is 4. The number of benzene rings is 3. The number of aromatic amines is 2. The summed E-state index contributed by atoms with van der Waals surface area (Å²) in [5, 5.41) is 5.45. The Kier molecular flexibility index (Phi) is 12.8. The number of alkyl carbamates (subject to hydrolysis) is 2. The Labute approximate surface area is 386 Å². The lowest BCUT2D eigenvalue weighted by molar-refractivity contribution is -0.136. The Morgan fingerprint density at radius 3 is 1.27 bits per heavy atom. The van der Waals surface area contributed by atoms with Gasteiger partial charge >= 0.3 is 12.2 Å². The van der Waals surface area contributed by atoms with E-state index in [2.05, 4.69) is 81.3 Å². The van der Waals surface area contributed by atoms with Gasteiger partial charge in [-0.15, -0.1) is 0 Å². The average Bonchev–Trinajstić information content (AvgIpc) is 4.20. The Morgan fingerprint density at radius 1 is 0.561 bits per heavy atom. The van der Waals surface area contributed by atoms with Gasteiger partial charge in [-0.1, -0.05) is 88.4 Å². The van der Waals surface area contributed by atoms with Gasteiger partial charge in [0.25, 0.3) is 0 Å². The molecule has 3 aromatic carbocycles. The summed E-state index contributed by atoms with van der Waals surface area (Å²) in [6.45, 7) is 8.88. The molecule has 3 fully saturated rings. The number of nitrogens with zero attached hydrogens (tertiary/aromatic N) is 4. The Hall–Kier alpha value is -6.44. The summed E-state index contributed by atoms with van der Waals surface area (Å²) in [6.07, 6.45) is 10.6. The number of rotatable bonds is 12. The smallest absolute Gasteiger partial charge is 0.407 e. The second kappa shape index (κ2) is 18.8. The van der Waals surface area contributed by atoms with Gasteiger partial charge < -0.3 is 39.9 Å². The van der Waals surface area contributed by atoms with Crippen LogP contribution >= 0.6 is 0 Å². The number of fused-ring (bicyclic) bond motifs is 2. The highest BCUT2D eigenvalue weighted by atomic mass is 16.5. The van der Waals surface area contributed by atoms with Crippen LogP contribution in [0.15, 0.2) is 73.1 Å². The van der Waals surface area contributed by atoms with E-state index in [1.54, 1.807) is 0 Å². The third-order valence-corrected chi connectivity index (χ3v) is 14.5. The molecule has 2 saturated heterocycles. The first-order valence-electron chi connectivity index (χ1n) is 23.7. The lowest BCUT2D eigenvalue weighted by atomic mass is 9.63. The topological polar surface area (TPSA) is 175 Å². The van der Waals surface area contributed by atoms with E-state index >= 15 is 0 Å². The van der Waals surface area contributed by atoms with Gasteiger partial charge in [-0.25, -0.2) is 19.6 Å². The summed E-state index contributed by atoms with van der Waals surface area (Å²) < 4.78 is 9.60. The summed E-state index contributed by atoms with van der Waals surface area (Å²) >= 11 is 0. The Morgan fingerprint density at radius 2 is 0.924 bits per heavy atom. The molecule has 4 atom stereocenters. The molecule has 346 valence electrons. The van der Waals surface area contributed by atoms with Crippen LogP contribution in [0.3, 0.4) is 0 Å². The number of carbonyl (C=O) groups is 4. The van der Waals surface area contributed by atoms with Crippen LogP contribution in [0.1, 0.15) is 126 Å². The highest BCUT2D eigenvalue weighted by Crippen LogP contribution is 2.55. The molecule has 2 aliphatic heterocycles. The van der Waals surface area contributed by atoms with Crippen molar-refractivity contribution in [1.29, 1.82) is 0 Å². The molecule has 3 aliphatic carbocycles. The molecule has 1 unspecified atom stereocenters. The minimum Gasteiger partial charge on any atom is -0.453 e. The number of ether oxygens (including phenoxy) is 2. The first-order valence-corrected chi connectivity index (χ1v) is 23.7. The SMILES string of the molecule is COC(=O)N[C@H](C(=O)N1CCCC1c1ncc(-c2ccc(-c3ccc(-c4ccc(-c5cnc([C@@H]6CCCN6C(=O)[C@@H](NC(=O)OC)C(C)C)[nH]5)cc4)c4c3C3CCC4CC3)cc2)[nH]1)C(C)C. The summed E-state index contributed by atoms with van der Waals surface area (Å²) in [6, 6.07) is 20.4. The van der Waals surface area contributed by atoms with Gasteiger partial charge in [0.05, 0.1) is 50.1 Å². The van der Waals surface area contributed by atoms with Crippen LogP contribution < -0.4 is 10.6 Å². The summed E-state index contributed by atoms with van der Waals surface area (Å²) in [4.78, 5) is 71.8. The minimum atomic E-state index is -0.683. The van der Waals surface area contributed by atoms with Crippen molar-refractivity contribution < 1.29 is 28.7 Å². The number of hydrogen-bond acceptors (Lipinski definition) is 8. The van der Waals surface area contributed by atoms with E-state index in [4.69, 9.17) is 19.4 Å². The van der Waals surface area contributed by atoms with Crippen LogP contribution in [0, 0.1) is 11.8 Å². The minimum absolute atomic E-state index is 0.101. The van der Waals surface area contributed by atoms with E-state index in [0.717, 1.165) is 59.8 Å². The predicted octanol–water partition coefficient (Wildman–Crippen LogP) is 9.64. The molecule has 5 aromatic rings. The van der Waals surface area contributed by atoms with Gasteiger partial charge in [0.15, 0.2) is 0 Å². The van der Waals surface area contributed by atoms with Crippen molar-refractivity contribution in [3.63, 3.8) is 0 Å². The molecule has 14 nitrogen and oxygen atoms in total. The maximum Gasteiger partial charge on any atom is 0.407 e. The largest absolute Gasteiger partial charge is 0.453 e. The molecule has 1 saturated carbocycles. The van der Waals surface area contributed by atoms with Crippen LogP contribution in [0.25, 0.3) is 44.8 Å². The third-order valence-electron chi connectivity index (χ3n) is 14.5. The van der Waals surface area contributed by atoms with E-state index in [1.807, 2.05) is 49.9 Å². The van der Waals surface area contributed by atoms with Gasteiger partial charge in [-0.3, -0.25) is 9.59 Å².